The second-order valence-electron chi connectivity index (χ2n) is 5.38. The minimum atomic E-state index is 0.293. The highest BCUT2D eigenvalue weighted by Crippen LogP contribution is 2.42. The van der Waals surface area contributed by atoms with Gasteiger partial charge < -0.3 is 11.1 Å². The number of guanidine groups is 1. The third-order valence-electron chi connectivity index (χ3n) is 3.69. The zero-order valence-corrected chi connectivity index (χ0v) is 14.7. The Hall–Kier alpha value is -2.08. The fourth-order valence-electron chi connectivity index (χ4n) is 2.64. The summed E-state index contributed by atoms with van der Waals surface area (Å²) >= 11 is 13.5. The molecule has 0 radical (unpaired) electrons. The lowest BCUT2D eigenvalue weighted by Gasteiger charge is -2.04. The third kappa shape index (κ3) is 2.98. The van der Waals surface area contributed by atoms with Gasteiger partial charge in [-0.1, -0.05) is 40.6 Å². The molecule has 0 aliphatic heterocycles. The van der Waals surface area contributed by atoms with E-state index in [1.807, 2.05) is 30.3 Å². The summed E-state index contributed by atoms with van der Waals surface area (Å²) in [6.07, 6.45) is 0.836. The third-order valence-corrected chi connectivity index (χ3v) is 5.13. The number of aliphatic imine (C=N–C) groups is 1. The minimum absolute atomic E-state index is 0.293. The number of thiazole rings is 1. The molecule has 4 rings (SSSR count). The van der Waals surface area contributed by atoms with E-state index in [1.54, 1.807) is 23.5 Å². The predicted octanol–water partition coefficient (Wildman–Crippen LogP) is 5.08. The second-order valence-corrected chi connectivity index (χ2v) is 7.31. The summed E-state index contributed by atoms with van der Waals surface area (Å²) in [5.74, 6) is 0.293. The van der Waals surface area contributed by atoms with E-state index >= 15 is 0 Å². The highest BCUT2D eigenvalue weighted by molar-refractivity contribution is 7.15. The molecule has 0 atom stereocenters. The van der Waals surface area contributed by atoms with Gasteiger partial charge in [0.2, 0.25) is 11.1 Å². The molecule has 0 spiro atoms. The van der Waals surface area contributed by atoms with E-state index in [9.17, 15) is 0 Å². The molecule has 1 aromatic heterocycles. The molecule has 0 saturated carbocycles. The number of anilines is 1. The smallest absolute Gasteiger partial charge is 0.213 e. The van der Waals surface area contributed by atoms with Gasteiger partial charge in [0.1, 0.15) is 0 Å². The van der Waals surface area contributed by atoms with Crippen LogP contribution in [-0.2, 0) is 6.42 Å². The number of aromatic nitrogens is 1. The largest absolute Gasteiger partial charge is 0.369 e. The number of halogens is 2. The van der Waals surface area contributed by atoms with Gasteiger partial charge in [0.25, 0.3) is 0 Å². The summed E-state index contributed by atoms with van der Waals surface area (Å²) in [5, 5.41) is 5.09. The summed E-state index contributed by atoms with van der Waals surface area (Å²) < 4.78 is 0. The molecule has 0 unspecified atom stereocenters. The first kappa shape index (κ1) is 15.4. The maximum atomic E-state index is 6.05. The van der Waals surface area contributed by atoms with Crippen molar-refractivity contribution in [3.63, 3.8) is 0 Å². The normalized spacial score (nSPS) is 12.8. The molecule has 3 N–H and O–H groups in total. The van der Waals surface area contributed by atoms with Crippen LogP contribution in [0.25, 0.3) is 11.3 Å². The summed E-state index contributed by atoms with van der Waals surface area (Å²) in [7, 11) is 0. The van der Waals surface area contributed by atoms with Gasteiger partial charge in [-0.25, -0.2) is 4.98 Å². The van der Waals surface area contributed by atoms with Crippen molar-refractivity contribution in [2.75, 3.05) is 5.32 Å². The standard InChI is InChI=1S/C17H12Cl2N4S/c18-10-1-4-12(5-2-10)21-16(20)23-17-22-15-13-6-3-11(19)7-9(13)8-14(15)24-17/h1-7H,8H2,(H3,20,21,22,23). The van der Waals surface area contributed by atoms with Crippen molar-refractivity contribution in [2.45, 2.75) is 6.42 Å². The summed E-state index contributed by atoms with van der Waals surface area (Å²) in [6, 6.07) is 13.1. The first-order valence-electron chi connectivity index (χ1n) is 7.24. The summed E-state index contributed by atoms with van der Waals surface area (Å²) in [4.78, 5) is 10.2. The molecule has 0 fully saturated rings. The van der Waals surface area contributed by atoms with E-state index in [0.29, 0.717) is 16.1 Å². The molecule has 24 heavy (non-hydrogen) atoms. The molecule has 7 heteroatoms. The van der Waals surface area contributed by atoms with E-state index < -0.39 is 0 Å². The average molecular weight is 375 g/mol. The number of benzene rings is 2. The first-order valence-corrected chi connectivity index (χ1v) is 8.81. The van der Waals surface area contributed by atoms with Crippen LogP contribution in [-0.4, -0.2) is 10.9 Å². The highest BCUT2D eigenvalue weighted by Gasteiger charge is 2.23. The van der Waals surface area contributed by atoms with Crippen LogP contribution in [0.1, 0.15) is 10.4 Å². The Kier molecular flexibility index (Phi) is 3.92. The van der Waals surface area contributed by atoms with Crippen molar-refractivity contribution in [1.29, 1.82) is 0 Å². The monoisotopic (exact) mass is 374 g/mol. The van der Waals surface area contributed by atoms with Crippen LogP contribution in [0.2, 0.25) is 10.0 Å². The maximum absolute atomic E-state index is 6.05. The number of rotatable bonds is 2. The zero-order valence-electron chi connectivity index (χ0n) is 12.4. The number of nitrogens with zero attached hydrogens (tertiary/aromatic N) is 2. The lowest BCUT2D eigenvalue weighted by atomic mass is 10.1. The molecule has 1 heterocycles. The Bertz CT molecular complexity index is 948. The van der Waals surface area contributed by atoms with Gasteiger partial charge in [0.05, 0.1) is 5.69 Å². The SMILES string of the molecule is N/C(=N/c1nc2c(s1)Cc1cc(Cl)ccc1-2)Nc1ccc(Cl)cc1. The van der Waals surface area contributed by atoms with Crippen LogP contribution in [0.15, 0.2) is 47.5 Å². The Morgan fingerprint density at radius 3 is 2.67 bits per heavy atom. The Labute approximate surface area is 153 Å². The first-order chi connectivity index (χ1) is 11.6. The van der Waals surface area contributed by atoms with Crippen molar-refractivity contribution in [1.82, 2.24) is 4.98 Å². The van der Waals surface area contributed by atoms with Crippen LogP contribution >= 0.6 is 34.5 Å². The van der Waals surface area contributed by atoms with E-state index in [0.717, 1.165) is 28.4 Å². The fraction of sp³-hybridized carbons (Fsp3) is 0.0588. The summed E-state index contributed by atoms with van der Waals surface area (Å²) in [5.41, 5.74) is 10.1. The van der Waals surface area contributed by atoms with E-state index in [-0.39, 0.29) is 0 Å². The maximum Gasteiger partial charge on any atom is 0.213 e. The Morgan fingerprint density at radius 2 is 1.88 bits per heavy atom. The van der Waals surface area contributed by atoms with Gasteiger partial charge in [0, 0.05) is 32.6 Å². The molecule has 0 bridgehead atoms. The number of hydrogen-bond acceptors (Lipinski definition) is 3. The minimum Gasteiger partial charge on any atom is -0.369 e. The van der Waals surface area contributed by atoms with Gasteiger partial charge >= 0.3 is 0 Å². The van der Waals surface area contributed by atoms with Crippen molar-refractivity contribution < 1.29 is 0 Å². The van der Waals surface area contributed by atoms with Crippen molar-refractivity contribution in [3.05, 3.63) is 63.0 Å². The molecular formula is C17H12Cl2N4S. The quantitative estimate of drug-likeness (QED) is 0.379. The molecule has 4 nitrogen and oxygen atoms in total. The van der Waals surface area contributed by atoms with Crippen molar-refractivity contribution in [2.24, 2.45) is 10.7 Å². The van der Waals surface area contributed by atoms with Crippen LogP contribution < -0.4 is 11.1 Å². The van der Waals surface area contributed by atoms with E-state index in [4.69, 9.17) is 28.9 Å². The number of nitrogens with one attached hydrogen (secondary N) is 1. The van der Waals surface area contributed by atoms with Crippen LogP contribution in [0.4, 0.5) is 10.8 Å². The van der Waals surface area contributed by atoms with Crippen molar-refractivity contribution >= 4 is 51.3 Å². The highest BCUT2D eigenvalue weighted by atomic mass is 35.5. The molecule has 0 amide bonds. The molecule has 1 aliphatic rings. The van der Waals surface area contributed by atoms with Crippen LogP contribution in [0.3, 0.4) is 0 Å². The van der Waals surface area contributed by atoms with Crippen molar-refractivity contribution in [3.8, 4) is 11.3 Å². The topological polar surface area (TPSA) is 63.3 Å². The van der Waals surface area contributed by atoms with Gasteiger partial charge in [0.15, 0.2) is 0 Å². The number of fused-ring (bicyclic) bond motifs is 3. The lowest BCUT2D eigenvalue weighted by Crippen LogP contribution is -2.21. The predicted molar refractivity (Wildman–Crippen MR) is 102 cm³/mol. The molecule has 3 aromatic rings. The number of nitrogens with two attached hydrogens (primary N) is 1. The van der Waals surface area contributed by atoms with E-state index in [1.165, 1.54) is 10.4 Å². The Balaban J connectivity index is 1.57. The molecule has 2 aromatic carbocycles. The van der Waals surface area contributed by atoms with Gasteiger partial charge in [-0.3, -0.25) is 0 Å². The Morgan fingerprint density at radius 1 is 1.12 bits per heavy atom. The zero-order chi connectivity index (χ0) is 16.7. The van der Waals surface area contributed by atoms with Gasteiger partial charge in [-0.2, -0.15) is 4.99 Å². The second kappa shape index (κ2) is 6.09. The molecule has 0 saturated heterocycles. The van der Waals surface area contributed by atoms with E-state index in [2.05, 4.69) is 15.3 Å². The van der Waals surface area contributed by atoms with Crippen LogP contribution in [0.5, 0.6) is 0 Å². The number of hydrogen-bond donors (Lipinski definition) is 2. The van der Waals surface area contributed by atoms with Gasteiger partial charge in [-0.05, 0) is 42.0 Å². The summed E-state index contributed by atoms with van der Waals surface area (Å²) in [6.45, 7) is 0. The van der Waals surface area contributed by atoms with Gasteiger partial charge in [-0.15, -0.1) is 0 Å². The lowest BCUT2D eigenvalue weighted by molar-refractivity contribution is 1.31. The molecular weight excluding hydrogens is 363 g/mol. The molecule has 120 valence electrons. The fourth-order valence-corrected chi connectivity index (χ4v) is 3.94. The average Bonchev–Trinajstić information content (AvgIpc) is 3.05. The molecule has 1 aliphatic carbocycles. The van der Waals surface area contributed by atoms with Crippen LogP contribution in [0, 0.1) is 0 Å².